The Morgan fingerprint density at radius 2 is 1.87 bits per heavy atom. The zero-order valence-corrected chi connectivity index (χ0v) is 17.7. The van der Waals surface area contributed by atoms with Crippen LogP contribution in [0.2, 0.25) is 10.0 Å². The maximum Gasteiger partial charge on any atom is 0.355 e. The van der Waals surface area contributed by atoms with Crippen LogP contribution >= 0.6 is 23.2 Å². The van der Waals surface area contributed by atoms with E-state index in [1.165, 1.54) is 16.7 Å². The lowest BCUT2D eigenvalue weighted by atomic mass is 10.1. The average Bonchev–Trinajstić information content (AvgIpc) is 2.99. The van der Waals surface area contributed by atoms with Crippen molar-refractivity contribution in [3.8, 4) is 11.8 Å². The van der Waals surface area contributed by atoms with E-state index in [2.05, 4.69) is 11.4 Å². The summed E-state index contributed by atoms with van der Waals surface area (Å²) in [6, 6.07) is 15.5. The van der Waals surface area contributed by atoms with Crippen LogP contribution < -0.4 is 5.32 Å². The molecule has 0 unspecified atom stereocenters. The molecule has 30 heavy (non-hydrogen) atoms. The SMILES string of the molecule is CCOC(=O)c1c(C)c(C#N)c(NC(=O)c2ccc(Cl)cc2Cl)n1-c1ccccc1. The van der Waals surface area contributed by atoms with E-state index in [4.69, 9.17) is 27.9 Å². The summed E-state index contributed by atoms with van der Waals surface area (Å²) in [5.41, 5.74) is 1.48. The Morgan fingerprint density at radius 3 is 2.47 bits per heavy atom. The standard InChI is InChI=1S/C22H17Cl2N3O3/c1-3-30-22(29)19-13(2)17(12-25)20(27(19)15-7-5-4-6-8-15)26-21(28)16-10-9-14(23)11-18(16)24/h4-11H,3H2,1-2H3,(H,26,28). The van der Waals surface area contributed by atoms with E-state index in [9.17, 15) is 14.9 Å². The van der Waals surface area contributed by atoms with Gasteiger partial charge in [-0.2, -0.15) is 5.26 Å². The average molecular weight is 442 g/mol. The van der Waals surface area contributed by atoms with E-state index in [0.29, 0.717) is 16.3 Å². The number of carbonyl (C=O) groups excluding carboxylic acids is 2. The number of hydrogen-bond donors (Lipinski definition) is 1. The minimum Gasteiger partial charge on any atom is -0.461 e. The highest BCUT2D eigenvalue weighted by atomic mass is 35.5. The van der Waals surface area contributed by atoms with Crippen molar-refractivity contribution >= 4 is 40.9 Å². The highest BCUT2D eigenvalue weighted by molar-refractivity contribution is 6.37. The van der Waals surface area contributed by atoms with Gasteiger partial charge in [-0.3, -0.25) is 9.36 Å². The number of anilines is 1. The lowest BCUT2D eigenvalue weighted by Crippen LogP contribution is -2.18. The van der Waals surface area contributed by atoms with Gasteiger partial charge in [-0.25, -0.2) is 4.79 Å². The fourth-order valence-electron chi connectivity index (χ4n) is 3.07. The molecule has 152 valence electrons. The molecule has 8 heteroatoms. The van der Waals surface area contributed by atoms with Gasteiger partial charge in [0, 0.05) is 16.3 Å². The van der Waals surface area contributed by atoms with Gasteiger partial charge in [-0.1, -0.05) is 41.4 Å². The Hall–Kier alpha value is -3.27. The molecule has 3 rings (SSSR count). The van der Waals surface area contributed by atoms with Gasteiger partial charge >= 0.3 is 5.97 Å². The molecule has 0 radical (unpaired) electrons. The van der Waals surface area contributed by atoms with E-state index in [0.717, 1.165) is 0 Å². The minimum atomic E-state index is -0.597. The highest BCUT2D eigenvalue weighted by Crippen LogP contribution is 2.32. The van der Waals surface area contributed by atoms with E-state index in [1.807, 2.05) is 6.07 Å². The molecule has 0 aliphatic heterocycles. The fourth-order valence-corrected chi connectivity index (χ4v) is 3.56. The molecule has 1 N–H and O–H groups in total. The molecule has 3 aromatic rings. The molecule has 0 fully saturated rings. The molecule has 0 saturated heterocycles. The number of benzene rings is 2. The number of aromatic nitrogens is 1. The van der Waals surface area contributed by atoms with Crippen LogP contribution in [0.25, 0.3) is 5.69 Å². The van der Waals surface area contributed by atoms with Gasteiger partial charge in [0.05, 0.1) is 22.8 Å². The normalized spacial score (nSPS) is 10.4. The van der Waals surface area contributed by atoms with Crippen molar-refractivity contribution in [2.45, 2.75) is 13.8 Å². The predicted molar refractivity (Wildman–Crippen MR) is 116 cm³/mol. The molecule has 0 bridgehead atoms. The number of carbonyl (C=O) groups is 2. The van der Waals surface area contributed by atoms with Gasteiger partial charge in [0.1, 0.15) is 17.6 Å². The Kier molecular flexibility index (Phi) is 6.46. The molecule has 1 aromatic heterocycles. The van der Waals surface area contributed by atoms with Gasteiger partial charge in [0.15, 0.2) is 0 Å². The number of esters is 1. The van der Waals surface area contributed by atoms with Gasteiger partial charge in [0.25, 0.3) is 5.91 Å². The second-order valence-corrected chi connectivity index (χ2v) is 7.12. The second-order valence-electron chi connectivity index (χ2n) is 6.28. The highest BCUT2D eigenvalue weighted by Gasteiger charge is 2.28. The number of nitrogens with zero attached hydrogens (tertiary/aromatic N) is 2. The van der Waals surface area contributed by atoms with Crippen LogP contribution in [0.1, 0.15) is 38.9 Å². The minimum absolute atomic E-state index is 0.153. The molecule has 0 aliphatic carbocycles. The largest absolute Gasteiger partial charge is 0.461 e. The van der Waals surface area contributed by atoms with Gasteiger partial charge in [-0.05, 0) is 44.2 Å². The van der Waals surface area contributed by atoms with Crippen molar-refractivity contribution in [3.05, 3.63) is 81.0 Å². The molecule has 2 aromatic carbocycles. The molecule has 0 aliphatic rings. The molecule has 1 amide bonds. The monoisotopic (exact) mass is 441 g/mol. The zero-order chi connectivity index (χ0) is 21.8. The Balaban J connectivity index is 2.20. The number of nitrogens with one attached hydrogen (secondary N) is 1. The molecule has 0 atom stereocenters. The Bertz CT molecular complexity index is 1160. The predicted octanol–water partition coefficient (Wildman–Crippen LogP) is 5.39. The second kappa shape index (κ2) is 9.04. The molecule has 0 spiro atoms. The smallest absolute Gasteiger partial charge is 0.355 e. The third-order valence-electron chi connectivity index (χ3n) is 4.42. The van der Waals surface area contributed by atoms with Gasteiger partial charge < -0.3 is 10.1 Å². The summed E-state index contributed by atoms with van der Waals surface area (Å²) in [5.74, 6) is -0.987. The molecule has 0 saturated carbocycles. The van der Waals surface area contributed by atoms with Crippen LogP contribution in [0.15, 0.2) is 48.5 Å². The molecule has 1 heterocycles. The molecular formula is C22H17Cl2N3O3. The van der Waals surface area contributed by atoms with E-state index in [1.54, 1.807) is 44.2 Å². The van der Waals surface area contributed by atoms with Crippen molar-refractivity contribution in [2.75, 3.05) is 11.9 Å². The molecule has 6 nitrogen and oxygen atoms in total. The first-order valence-corrected chi connectivity index (χ1v) is 9.79. The summed E-state index contributed by atoms with van der Waals surface area (Å²) in [5, 5.41) is 13.0. The van der Waals surface area contributed by atoms with Crippen molar-refractivity contribution in [1.82, 2.24) is 4.57 Å². The Morgan fingerprint density at radius 1 is 1.17 bits per heavy atom. The topological polar surface area (TPSA) is 84.1 Å². The summed E-state index contributed by atoms with van der Waals surface area (Å²) in [6.45, 7) is 3.50. The first-order chi connectivity index (χ1) is 14.4. The first-order valence-electron chi connectivity index (χ1n) is 9.03. The molecular weight excluding hydrogens is 425 g/mol. The number of ether oxygens (including phenoxy) is 1. The van der Waals surface area contributed by atoms with Crippen LogP contribution in [0, 0.1) is 18.3 Å². The van der Waals surface area contributed by atoms with E-state index in [-0.39, 0.29) is 34.3 Å². The summed E-state index contributed by atoms with van der Waals surface area (Å²) in [6.07, 6.45) is 0. The van der Waals surface area contributed by atoms with Crippen molar-refractivity contribution in [1.29, 1.82) is 5.26 Å². The maximum absolute atomic E-state index is 12.9. The fraction of sp³-hybridized carbons (Fsp3) is 0.136. The summed E-state index contributed by atoms with van der Waals surface area (Å²) < 4.78 is 6.70. The van der Waals surface area contributed by atoms with Crippen LogP contribution in [-0.4, -0.2) is 23.1 Å². The number of amides is 1. The third kappa shape index (κ3) is 4.04. The number of rotatable bonds is 5. The van der Waals surface area contributed by atoms with E-state index >= 15 is 0 Å². The summed E-state index contributed by atoms with van der Waals surface area (Å²) >= 11 is 12.1. The van der Waals surface area contributed by atoms with E-state index < -0.39 is 11.9 Å². The lowest BCUT2D eigenvalue weighted by molar-refractivity contribution is 0.0516. The first kappa shape index (κ1) is 21.4. The number of hydrogen-bond acceptors (Lipinski definition) is 4. The quantitative estimate of drug-likeness (QED) is 0.537. The van der Waals surface area contributed by atoms with Crippen LogP contribution in [0.3, 0.4) is 0 Å². The Labute approximate surface area is 183 Å². The zero-order valence-electron chi connectivity index (χ0n) is 16.2. The van der Waals surface area contributed by atoms with Crippen molar-refractivity contribution < 1.29 is 14.3 Å². The maximum atomic E-state index is 12.9. The summed E-state index contributed by atoms with van der Waals surface area (Å²) in [4.78, 5) is 25.6. The van der Waals surface area contributed by atoms with Crippen LogP contribution in [0.5, 0.6) is 0 Å². The lowest BCUT2D eigenvalue weighted by Gasteiger charge is -2.14. The number of para-hydroxylation sites is 1. The van der Waals surface area contributed by atoms with Crippen LogP contribution in [0.4, 0.5) is 5.82 Å². The number of halogens is 2. The van der Waals surface area contributed by atoms with Crippen molar-refractivity contribution in [2.24, 2.45) is 0 Å². The van der Waals surface area contributed by atoms with Gasteiger partial charge in [0.2, 0.25) is 0 Å². The summed E-state index contributed by atoms with van der Waals surface area (Å²) in [7, 11) is 0. The number of nitriles is 1. The van der Waals surface area contributed by atoms with Crippen LogP contribution in [-0.2, 0) is 4.74 Å². The third-order valence-corrected chi connectivity index (χ3v) is 4.96. The van der Waals surface area contributed by atoms with Gasteiger partial charge in [-0.15, -0.1) is 0 Å². The van der Waals surface area contributed by atoms with Crippen molar-refractivity contribution in [3.63, 3.8) is 0 Å².